The molecule has 19 heavy (non-hydrogen) atoms. The molecule has 1 saturated heterocycles. The highest BCUT2D eigenvalue weighted by Crippen LogP contribution is 2.19. The zero-order valence-corrected chi connectivity index (χ0v) is 11.5. The Morgan fingerprint density at radius 3 is 2.63 bits per heavy atom. The van der Waals surface area contributed by atoms with Gasteiger partial charge in [0, 0.05) is 37.2 Å². The molecule has 1 N–H and O–H groups in total. The molecule has 1 unspecified atom stereocenters. The SMILES string of the molecule is COC(=O)C(C)NC1CCN(c2ccncc2)CC1. The van der Waals surface area contributed by atoms with Gasteiger partial charge in [-0.05, 0) is 31.9 Å². The predicted octanol–water partition coefficient (Wildman–Crippen LogP) is 1.20. The van der Waals surface area contributed by atoms with E-state index in [9.17, 15) is 4.79 Å². The lowest BCUT2D eigenvalue weighted by atomic mass is 10.0. The van der Waals surface area contributed by atoms with Gasteiger partial charge in [-0.15, -0.1) is 0 Å². The monoisotopic (exact) mass is 263 g/mol. The van der Waals surface area contributed by atoms with E-state index < -0.39 is 0 Å². The van der Waals surface area contributed by atoms with Gasteiger partial charge >= 0.3 is 5.97 Å². The van der Waals surface area contributed by atoms with Crippen LogP contribution < -0.4 is 10.2 Å². The van der Waals surface area contributed by atoms with Crippen LogP contribution in [-0.4, -0.2) is 43.2 Å². The molecular weight excluding hydrogens is 242 g/mol. The Balaban J connectivity index is 1.81. The minimum Gasteiger partial charge on any atom is -0.468 e. The first-order valence-corrected chi connectivity index (χ1v) is 6.69. The van der Waals surface area contributed by atoms with Crippen LogP contribution in [0.5, 0.6) is 0 Å². The molecule has 104 valence electrons. The van der Waals surface area contributed by atoms with Crippen molar-refractivity contribution in [1.29, 1.82) is 0 Å². The number of esters is 1. The average Bonchev–Trinajstić information content (AvgIpc) is 2.48. The number of hydrogen-bond donors (Lipinski definition) is 1. The maximum absolute atomic E-state index is 11.4. The Labute approximate surface area is 114 Å². The van der Waals surface area contributed by atoms with Crippen molar-refractivity contribution in [3.8, 4) is 0 Å². The van der Waals surface area contributed by atoms with Gasteiger partial charge in [0.2, 0.25) is 0 Å². The molecule has 0 radical (unpaired) electrons. The molecule has 1 aromatic heterocycles. The summed E-state index contributed by atoms with van der Waals surface area (Å²) in [6.45, 7) is 3.84. The zero-order chi connectivity index (χ0) is 13.7. The van der Waals surface area contributed by atoms with Crippen LogP contribution in [0, 0.1) is 0 Å². The summed E-state index contributed by atoms with van der Waals surface area (Å²) in [5, 5.41) is 3.33. The summed E-state index contributed by atoms with van der Waals surface area (Å²) in [4.78, 5) is 17.8. The van der Waals surface area contributed by atoms with Gasteiger partial charge in [-0.2, -0.15) is 0 Å². The minimum absolute atomic E-state index is 0.198. The Bertz CT molecular complexity index is 402. The third-order valence-corrected chi connectivity index (χ3v) is 3.56. The summed E-state index contributed by atoms with van der Waals surface area (Å²) in [5.74, 6) is -0.198. The summed E-state index contributed by atoms with van der Waals surface area (Å²) < 4.78 is 4.73. The Morgan fingerprint density at radius 2 is 2.05 bits per heavy atom. The molecule has 1 aliphatic rings. The molecule has 0 bridgehead atoms. The normalized spacial score (nSPS) is 18.1. The summed E-state index contributed by atoms with van der Waals surface area (Å²) in [5.41, 5.74) is 1.22. The van der Waals surface area contributed by atoms with E-state index in [1.165, 1.54) is 12.8 Å². The summed E-state index contributed by atoms with van der Waals surface area (Å²) in [6, 6.07) is 4.21. The number of piperidine rings is 1. The van der Waals surface area contributed by atoms with E-state index in [0.717, 1.165) is 25.9 Å². The van der Waals surface area contributed by atoms with Gasteiger partial charge in [0.05, 0.1) is 7.11 Å². The number of ether oxygens (including phenoxy) is 1. The van der Waals surface area contributed by atoms with Crippen molar-refractivity contribution in [1.82, 2.24) is 10.3 Å². The van der Waals surface area contributed by atoms with Gasteiger partial charge < -0.3 is 15.0 Å². The van der Waals surface area contributed by atoms with Crippen LogP contribution >= 0.6 is 0 Å². The number of pyridine rings is 1. The zero-order valence-electron chi connectivity index (χ0n) is 11.5. The fraction of sp³-hybridized carbons (Fsp3) is 0.571. The fourth-order valence-electron chi connectivity index (χ4n) is 2.46. The van der Waals surface area contributed by atoms with Crippen molar-refractivity contribution in [2.24, 2.45) is 0 Å². The highest BCUT2D eigenvalue weighted by atomic mass is 16.5. The quantitative estimate of drug-likeness (QED) is 0.827. The Kier molecular flexibility index (Phi) is 4.74. The number of carbonyl (C=O) groups excluding carboxylic acids is 1. The van der Waals surface area contributed by atoms with Crippen LogP contribution in [0.2, 0.25) is 0 Å². The van der Waals surface area contributed by atoms with Gasteiger partial charge in [-0.3, -0.25) is 9.78 Å². The molecule has 0 amide bonds. The first-order chi connectivity index (χ1) is 9.20. The van der Waals surface area contributed by atoms with E-state index in [1.807, 2.05) is 31.5 Å². The number of rotatable bonds is 4. The maximum atomic E-state index is 11.4. The number of nitrogens with zero attached hydrogens (tertiary/aromatic N) is 2. The molecule has 1 aromatic rings. The summed E-state index contributed by atoms with van der Waals surface area (Å²) in [7, 11) is 1.42. The smallest absolute Gasteiger partial charge is 0.322 e. The van der Waals surface area contributed by atoms with Gasteiger partial charge in [0.15, 0.2) is 0 Å². The molecule has 2 heterocycles. The van der Waals surface area contributed by atoms with Gasteiger partial charge in [-0.1, -0.05) is 0 Å². The molecule has 1 atom stereocenters. The molecule has 5 nitrogen and oxygen atoms in total. The fourth-order valence-corrected chi connectivity index (χ4v) is 2.46. The second-order valence-electron chi connectivity index (χ2n) is 4.88. The van der Waals surface area contributed by atoms with Crippen LogP contribution in [0.4, 0.5) is 5.69 Å². The molecule has 2 rings (SSSR count). The minimum atomic E-state index is -0.234. The van der Waals surface area contributed by atoms with Crippen molar-refractivity contribution < 1.29 is 9.53 Å². The third-order valence-electron chi connectivity index (χ3n) is 3.56. The van der Waals surface area contributed by atoms with E-state index in [-0.39, 0.29) is 12.0 Å². The van der Waals surface area contributed by atoms with Crippen LogP contribution in [0.3, 0.4) is 0 Å². The van der Waals surface area contributed by atoms with Crippen molar-refractivity contribution in [3.63, 3.8) is 0 Å². The molecule has 1 aliphatic heterocycles. The molecular formula is C14H21N3O2. The highest BCUT2D eigenvalue weighted by Gasteiger charge is 2.23. The number of anilines is 1. The number of nitrogens with one attached hydrogen (secondary N) is 1. The average molecular weight is 263 g/mol. The van der Waals surface area contributed by atoms with Crippen molar-refractivity contribution >= 4 is 11.7 Å². The van der Waals surface area contributed by atoms with Crippen LogP contribution in [0.25, 0.3) is 0 Å². The first-order valence-electron chi connectivity index (χ1n) is 6.69. The second-order valence-corrected chi connectivity index (χ2v) is 4.88. The van der Waals surface area contributed by atoms with Gasteiger partial charge in [0.1, 0.15) is 6.04 Å². The lowest BCUT2D eigenvalue weighted by Crippen LogP contribution is -2.48. The van der Waals surface area contributed by atoms with E-state index in [0.29, 0.717) is 6.04 Å². The third kappa shape index (κ3) is 3.67. The van der Waals surface area contributed by atoms with Crippen LogP contribution in [0.1, 0.15) is 19.8 Å². The lowest BCUT2D eigenvalue weighted by molar-refractivity contribution is -0.142. The maximum Gasteiger partial charge on any atom is 0.322 e. The van der Waals surface area contributed by atoms with Crippen LogP contribution in [0.15, 0.2) is 24.5 Å². The number of aromatic nitrogens is 1. The molecule has 0 aromatic carbocycles. The number of hydrogen-bond acceptors (Lipinski definition) is 5. The molecule has 5 heteroatoms. The van der Waals surface area contributed by atoms with E-state index in [1.54, 1.807) is 0 Å². The van der Waals surface area contributed by atoms with Gasteiger partial charge in [0.25, 0.3) is 0 Å². The van der Waals surface area contributed by atoms with Crippen molar-refractivity contribution in [2.75, 3.05) is 25.1 Å². The largest absolute Gasteiger partial charge is 0.468 e. The van der Waals surface area contributed by atoms with Crippen LogP contribution in [-0.2, 0) is 9.53 Å². The van der Waals surface area contributed by atoms with E-state index in [2.05, 4.69) is 15.2 Å². The number of carbonyl (C=O) groups is 1. The number of methoxy groups -OCH3 is 1. The van der Waals surface area contributed by atoms with Crippen molar-refractivity contribution in [2.45, 2.75) is 31.8 Å². The second kappa shape index (κ2) is 6.52. The molecule has 1 fully saturated rings. The van der Waals surface area contributed by atoms with E-state index in [4.69, 9.17) is 4.74 Å². The first kappa shape index (κ1) is 13.8. The molecule has 0 spiro atoms. The predicted molar refractivity (Wildman–Crippen MR) is 74.1 cm³/mol. The van der Waals surface area contributed by atoms with Gasteiger partial charge in [-0.25, -0.2) is 0 Å². The molecule has 0 aliphatic carbocycles. The van der Waals surface area contributed by atoms with Crippen molar-refractivity contribution in [3.05, 3.63) is 24.5 Å². The topological polar surface area (TPSA) is 54.5 Å². The van der Waals surface area contributed by atoms with E-state index >= 15 is 0 Å². The summed E-state index contributed by atoms with van der Waals surface area (Å²) in [6.07, 6.45) is 5.70. The standard InChI is InChI=1S/C14H21N3O2/c1-11(14(18)19-2)16-12-5-9-17(10-6-12)13-3-7-15-8-4-13/h3-4,7-8,11-12,16H,5-6,9-10H2,1-2H3. The summed E-state index contributed by atoms with van der Waals surface area (Å²) >= 11 is 0. The Morgan fingerprint density at radius 1 is 1.42 bits per heavy atom. The lowest BCUT2D eigenvalue weighted by Gasteiger charge is -2.34. The highest BCUT2D eigenvalue weighted by molar-refractivity contribution is 5.75. The Hall–Kier alpha value is -1.62. The molecule has 0 saturated carbocycles.